The minimum atomic E-state index is 0.110. The molecule has 0 spiro atoms. The molecule has 4 rings (SSSR count). The van der Waals surface area contributed by atoms with Crippen molar-refractivity contribution >= 4 is 39.1 Å². The van der Waals surface area contributed by atoms with Crippen molar-refractivity contribution in [3.05, 3.63) is 63.9 Å². The Labute approximate surface area is 182 Å². The van der Waals surface area contributed by atoms with Crippen molar-refractivity contribution < 1.29 is 9.32 Å². The first-order chi connectivity index (χ1) is 14.1. The largest absolute Gasteiger partial charge is 0.368 e. The fraction of sp³-hybridized carbons (Fsp3) is 0.286. The molecule has 0 radical (unpaired) electrons. The van der Waals surface area contributed by atoms with Gasteiger partial charge in [0.1, 0.15) is 0 Å². The molecule has 150 valence electrons. The average Bonchev–Trinajstić information content (AvgIpc) is 3.22. The Morgan fingerprint density at radius 1 is 1.10 bits per heavy atom. The topological polar surface area (TPSA) is 62.5 Å². The van der Waals surface area contributed by atoms with Gasteiger partial charge in [-0.1, -0.05) is 38.8 Å². The number of carbonyl (C=O) groups is 1. The van der Waals surface area contributed by atoms with Crippen LogP contribution in [-0.4, -0.2) is 47.1 Å². The number of hydrogen-bond donors (Lipinski definition) is 0. The standard InChI is InChI=1S/C21H20BrClN4O2/c22-16-6-4-15(5-7-16)21-24-19(29-25-21)8-9-20(28)27-12-10-26(11-13-27)18-3-1-2-17(23)14-18/h1-7,14H,8-13H2. The summed E-state index contributed by atoms with van der Waals surface area (Å²) in [7, 11) is 0. The predicted molar refractivity (Wildman–Crippen MR) is 116 cm³/mol. The molecule has 1 aromatic heterocycles. The minimum absolute atomic E-state index is 0.110. The van der Waals surface area contributed by atoms with Crippen molar-refractivity contribution in [2.45, 2.75) is 12.8 Å². The second kappa shape index (κ2) is 8.97. The summed E-state index contributed by atoms with van der Waals surface area (Å²) >= 11 is 9.48. The van der Waals surface area contributed by atoms with Gasteiger partial charge in [-0.05, 0) is 42.5 Å². The van der Waals surface area contributed by atoms with E-state index in [-0.39, 0.29) is 5.91 Å². The maximum atomic E-state index is 12.6. The average molecular weight is 476 g/mol. The van der Waals surface area contributed by atoms with E-state index in [2.05, 4.69) is 31.0 Å². The summed E-state index contributed by atoms with van der Waals surface area (Å²) in [6.07, 6.45) is 0.802. The highest BCUT2D eigenvalue weighted by molar-refractivity contribution is 9.10. The molecule has 1 amide bonds. The lowest BCUT2D eigenvalue weighted by atomic mass is 10.2. The maximum Gasteiger partial charge on any atom is 0.227 e. The lowest BCUT2D eigenvalue weighted by molar-refractivity contribution is -0.131. The second-order valence-electron chi connectivity index (χ2n) is 6.87. The Hall–Kier alpha value is -2.38. The first kappa shape index (κ1) is 19.9. The Bertz CT molecular complexity index is 984. The van der Waals surface area contributed by atoms with E-state index in [0.29, 0.717) is 37.6 Å². The zero-order valence-electron chi connectivity index (χ0n) is 15.7. The van der Waals surface area contributed by atoms with Gasteiger partial charge < -0.3 is 14.3 Å². The van der Waals surface area contributed by atoms with Crippen LogP contribution in [0.1, 0.15) is 12.3 Å². The summed E-state index contributed by atoms with van der Waals surface area (Å²) in [5.41, 5.74) is 1.97. The van der Waals surface area contributed by atoms with Crippen molar-refractivity contribution in [2.24, 2.45) is 0 Å². The van der Waals surface area contributed by atoms with Crippen molar-refractivity contribution in [3.8, 4) is 11.4 Å². The number of carbonyl (C=O) groups excluding carboxylic acids is 1. The van der Waals surface area contributed by atoms with E-state index in [1.807, 2.05) is 53.4 Å². The monoisotopic (exact) mass is 474 g/mol. The molecule has 2 aromatic carbocycles. The molecule has 1 aliphatic rings. The normalized spacial score (nSPS) is 14.3. The van der Waals surface area contributed by atoms with E-state index >= 15 is 0 Å². The highest BCUT2D eigenvalue weighted by Gasteiger charge is 2.22. The van der Waals surface area contributed by atoms with Crippen LogP contribution < -0.4 is 4.90 Å². The summed E-state index contributed by atoms with van der Waals surface area (Å²) in [5, 5.41) is 4.74. The Balaban J connectivity index is 1.28. The van der Waals surface area contributed by atoms with Gasteiger partial charge in [0.2, 0.25) is 17.6 Å². The molecule has 1 fully saturated rings. The van der Waals surface area contributed by atoms with Crippen LogP contribution in [0.15, 0.2) is 57.5 Å². The van der Waals surface area contributed by atoms with Gasteiger partial charge in [-0.15, -0.1) is 0 Å². The van der Waals surface area contributed by atoms with Crippen molar-refractivity contribution in [2.75, 3.05) is 31.1 Å². The number of rotatable bonds is 5. The van der Waals surface area contributed by atoms with Gasteiger partial charge in [0.05, 0.1) is 0 Å². The van der Waals surface area contributed by atoms with E-state index in [4.69, 9.17) is 16.1 Å². The highest BCUT2D eigenvalue weighted by Crippen LogP contribution is 2.22. The van der Waals surface area contributed by atoms with Crippen LogP contribution in [0.4, 0.5) is 5.69 Å². The molecule has 3 aromatic rings. The van der Waals surface area contributed by atoms with Crippen molar-refractivity contribution in [1.82, 2.24) is 15.0 Å². The van der Waals surface area contributed by atoms with Crippen molar-refractivity contribution in [3.63, 3.8) is 0 Å². The number of anilines is 1. The molecular formula is C21H20BrClN4O2. The van der Waals surface area contributed by atoms with Gasteiger partial charge in [0.15, 0.2) is 0 Å². The van der Waals surface area contributed by atoms with Crippen molar-refractivity contribution in [1.29, 1.82) is 0 Å². The van der Waals surface area contributed by atoms with Crippen LogP contribution in [0.5, 0.6) is 0 Å². The minimum Gasteiger partial charge on any atom is -0.368 e. The van der Waals surface area contributed by atoms with Crippen LogP contribution >= 0.6 is 27.5 Å². The number of nitrogens with zero attached hydrogens (tertiary/aromatic N) is 4. The lowest BCUT2D eigenvalue weighted by Gasteiger charge is -2.36. The number of aryl methyl sites for hydroxylation is 1. The molecule has 0 bridgehead atoms. The Morgan fingerprint density at radius 3 is 2.59 bits per heavy atom. The zero-order chi connectivity index (χ0) is 20.2. The molecule has 2 heterocycles. The highest BCUT2D eigenvalue weighted by atomic mass is 79.9. The van der Waals surface area contributed by atoms with Gasteiger partial charge in [-0.3, -0.25) is 4.79 Å². The van der Waals surface area contributed by atoms with E-state index in [1.165, 1.54) is 0 Å². The number of piperazine rings is 1. The molecular weight excluding hydrogens is 456 g/mol. The van der Waals surface area contributed by atoms with E-state index < -0.39 is 0 Å². The van der Waals surface area contributed by atoms with Crippen LogP contribution in [0, 0.1) is 0 Å². The van der Waals surface area contributed by atoms with Crippen LogP contribution in [-0.2, 0) is 11.2 Å². The fourth-order valence-corrected chi connectivity index (χ4v) is 3.78. The van der Waals surface area contributed by atoms with E-state index in [1.54, 1.807) is 0 Å². The maximum absolute atomic E-state index is 12.6. The smallest absolute Gasteiger partial charge is 0.227 e. The summed E-state index contributed by atoms with van der Waals surface area (Å²) < 4.78 is 6.30. The first-order valence-corrected chi connectivity index (χ1v) is 10.6. The molecule has 8 heteroatoms. The van der Waals surface area contributed by atoms with E-state index in [9.17, 15) is 4.79 Å². The fourth-order valence-electron chi connectivity index (χ4n) is 3.33. The van der Waals surface area contributed by atoms with Gasteiger partial charge in [-0.2, -0.15) is 4.98 Å². The number of hydrogen-bond acceptors (Lipinski definition) is 5. The summed E-state index contributed by atoms with van der Waals surface area (Å²) in [6.45, 7) is 2.97. The molecule has 29 heavy (non-hydrogen) atoms. The summed E-state index contributed by atoms with van der Waals surface area (Å²) in [5.74, 6) is 1.13. The molecule has 0 N–H and O–H groups in total. The van der Waals surface area contributed by atoms with Crippen LogP contribution in [0.2, 0.25) is 5.02 Å². The third-order valence-corrected chi connectivity index (χ3v) is 5.69. The van der Waals surface area contributed by atoms with E-state index in [0.717, 1.165) is 33.8 Å². The SMILES string of the molecule is O=C(CCc1nc(-c2ccc(Br)cc2)no1)N1CCN(c2cccc(Cl)c2)CC1. The first-order valence-electron chi connectivity index (χ1n) is 9.45. The van der Waals surface area contributed by atoms with Crippen LogP contribution in [0.3, 0.4) is 0 Å². The van der Waals surface area contributed by atoms with Gasteiger partial charge in [0, 0.05) is 59.8 Å². The molecule has 0 saturated carbocycles. The Morgan fingerprint density at radius 2 is 1.86 bits per heavy atom. The van der Waals surface area contributed by atoms with Gasteiger partial charge >= 0.3 is 0 Å². The molecule has 0 atom stereocenters. The third kappa shape index (κ3) is 4.97. The molecule has 1 saturated heterocycles. The summed E-state index contributed by atoms with van der Waals surface area (Å²) in [4.78, 5) is 21.1. The molecule has 0 aliphatic carbocycles. The Kier molecular flexibility index (Phi) is 6.16. The predicted octanol–water partition coefficient (Wildman–Crippen LogP) is 4.43. The van der Waals surface area contributed by atoms with Crippen LogP contribution in [0.25, 0.3) is 11.4 Å². The number of amides is 1. The third-order valence-electron chi connectivity index (χ3n) is 4.93. The zero-order valence-corrected chi connectivity index (χ0v) is 18.1. The number of benzene rings is 2. The quantitative estimate of drug-likeness (QED) is 0.546. The summed E-state index contributed by atoms with van der Waals surface area (Å²) in [6, 6.07) is 15.5. The van der Waals surface area contributed by atoms with Gasteiger partial charge in [0.25, 0.3) is 0 Å². The van der Waals surface area contributed by atoms with Gasteiger partial charge in [-0.25, -0.2) is 0 Å². The molecule has 6 nitrogen and oxygen atoms in total. The molecule has 0 unspecified atom stereocenters. The number of halogens is 2. The second-order valence-corrected chi connectivity index (χ2v) is 8.22. The lowest BCUT2D eigenvalue weighted by Crippen LogP contribution is -2.48. The number of aromatic nitrogens is 2. The molecule has 1 aliphatic heterocycles.